The minimum Gasteiger partial charge on any atom is -0.436 e. The number of nitrogens with zero attached hydrogens (tertiary/aromatic N) is 4. The average molecular weight is 871 g/mol. The smallest absolute Gasteiger partial charge is 0.227 e. The van der Waals surface area contributed by atoms with Crippen LogP contribution in [0.1, 0.15) is 0 Å². The maximum Gasteiger partial charge on any atom is 0.227 e. The van der Waals surface area contributed by atoms with Gasteiger partial charge in [0, 0.05) is 33.8 Å². The van der Waals surface area contributed by atoms with Gasteiger partial charge in [0.2, 0.25) is 5.89 Å². The molecule has 320 valence electrons. The highest BCUT2D eigenvalue weighted by atomic mass is 16.3. The zero-order valence-corrected chi connectivity index (χ0v) is 36.9. The first-order chi connectivity index (χ1) is 33.7. The Labute approximate surface area is 395 Å². The molecule has 0 aliphatic rings. The van der Waals surface area contributed by atoms with Crippen LogP contribution in [0.5, 0.6) is 0 Å². The van der Waals surface area contributed by atoms with Crippen LogP contribution in [0.25, 0.3) is 101 Å². The Balaban J connectivity index is 1.01. The third-order valence-corrected chi connectivity index (χ3v) is 12.5. The van der Waals surface area contributed by atoms with Gasteiger partial charge in [0.15, 0.2) is 5.58 Å². The van der Waals surface area contributed by atoms with E-state index in [-0.39, 0.29) is 0 Å². The van der Waals surface area contributed by atoms with Crippen LogP contribution in [0, 0.1) is 0 Å². The van der Waals surface area contributed by atoms with Gasteiger partial charge in [-0.3, -0.25) is 0 Å². The number of hydrogen-bond donors (Lipinski definition) is 0. The fourth-order valence-corrected chi connectivity index (χ4v) is 9.26. The van der Waals surface area contributed by atoms with Crippen molar-refractivity contribution < 1.29 is 4.42 Å². The van der Waals surface area contributed by atoms with Crippen molar-refractivity contribution in [2.45, 2.75) is 0 Å². The Morgan fingerprint density at radius 1 is 0.265 bits per heavy atom. The number of anilines is 3. The molecule has 0 aliphatic carbocycles. The monoisotopic (exact) mass is 870 g/mol. The van der Waals surface area contributed by atoms with Gasteiger partial charge in [-0.2, -0.15) is 0 Å². The van der Waals surface area contributed by atoms with Crippen LogP contribution in [0.15, 0.2) is 259 Å². The van der Waals surface area contributed by atoms with Crippen LogP contribution >= 0.6 is 0 Å². The van der Waals surface area contributed by atoms with E-state index < -0.39 is 0 Å². The molecule has 0 saturated carbocycles. The lowest BCUT2D eigenvalue weighted by molar-refractivity contribution is 0.620. The van der Waals surface area contributed by atoms with Crippen molar-refractivity contribution >= 4 is 39.2 Å². The van der Waals surface area contributed by atoms with E-state index in [1.807, 2.05) is 36.4 Å². The molecule has 2 heterocycles. The first-order valence-electron chi connectivity index (χ1n) is 22.8. The summed E-state index contributed by atoms with van der Waals surface area (Å²) in [5, 5.41) is 0. The lowest BCUT2D eigenvalue weighted by Crippen LogP contribution is -2.09. The molecule has 0 radical (unpaired) electrons. The zero-order chi connectivity index (χ0) is 45.2. The molecule has 10 aromatic carbocycles. The molecule has 0 fully saturated rings. The molecular formula is C63H42N4O. The summed E-state index contributed by atoms with van der Waals surface area (Å²) in [6.07, 6.45) is 0. The molecule has 12 aromatic rings. The van der Waals surface area contributed by atoms with Gasteiger partial charge in [-0.15, -0.1) is 0 Å². The molecule has 0 atom stereocenters. The number of para-hydroxylation sites is 3. The fraction of sp³-hybridized carbons (Fsp3) is 0. The predicted molar refractivity (Wildman–Crippen MR) is 280 cm³/mol. The first kappa shape index (κ1) is 40.3. The van der Waals surface area contributed by atoms with E-state index in [0.29, 0.717) is 5.89 Å². The van der Waals surface area contributed by atoms with Gasteiger partial charge in [0.05, 0.1) is 22.4 Å². The fourth-order valence-electron chi connectivity index (χ4n) is 9.26. The van der Waals surface area contributed by atoms with E-state index in [4.69, 9.17) is 19.4 Å². The van der Waals surface area contributed by atoms with Crippen LogP contribution in [0.2, 0.25) is 0 Å². The summed E-state index contributed by atoms with van der Waals surface area (Å²) in [6, 6.07) is 88.8. The molecule has 68 heavy (non-hydrogen) atoms. The normalized spacial score (nSPS) is 11.2. The van der Waals surface area contributed by atoms with E-state index >= 15 is 0 Å². The number of benzene rings is 10. The molecule has 0 bridgehead atoms. The highest BCUT2D eigenvalue weighted by Crippen LogP contribution is 2.44. The van der Waals surface area contributed by atoms with E-state index in [2.05, 4.69) is 223 Å². The van der Waals surface area contributed by atoms with E-state index in [0.717, 1.165) is 112 Å². The highest BCUT2D eigenvalue weighted by Gasteiger charge is 2.21. The van der Waals surface area contributed by atoms with E-state index in [9.17, 15) is 0 Å². The second-order valence-corrected chi connectivity index (χ2v) is 16.7. The number of aromatic nitrogens is 3. The van der Waals surface area contributed by atoms with Crippen molar-refractivity contribution in [1.82, 2.24) is 15.0 Å². The van der Waals surface area contributed by atoms with Crippen molar-refractivity contribution in [1.29, 1.82) is 0 Å². The lowest BCUT2D eigenvalue weighted by atomic mass is 9.86. The Hall–Kier alpha value is -9.19. The molecular weight excluding hydrogens is 829 g/mol. The maximum atomic E-state index is 6.11. The third kappa shape index (κ3) is 7.68. The van der Waals surface area contributed by atoms with Gasteiger partial charge < -0.3 is 9.32 Å². The molecule has 12 rings (SSSR count). The molecule has 2 aromatic heterocycles. The van der Waals surface area contributed by atoms with Gasteiger partial charge in [-0.1, -0.05) is 182 Å². The van der Waals surface area contributed by atoms with Crippen LogP contribution in [-0.2, 0) is 0 Å². The summed E-state index contributed by atoms with van der Waals surface area (Å²) < 4.78 is 6.11. The number of fused-ring (bicyclic) bond motifs is 2. The van der Waals surface area contributed by atoms with Crippen molar-refractivity contribution in [3.8, 4) is 78.5 Å². The van der Waals surface area contributed by atoms with Crippen LogP contribution < -0.4 is 4.90 Å². The molecule has 0 amide bonds. The topological polar surface area (TPSA) is 55.1 Å². The molecule has 5 heteroatoms. The SMILES string of the molecule is c1ccc(-c2ccccc2-c2cc3nc(-c4ccccc4)c(-c4ccc(N(c5ccccc5)c5ccc(-c6nc7ccccc7o6)cc5)cc4)nc3cc2-c2ccccc2-c2ccccc2)cc1. The Kier molecular flexibility index (Phi) is 10.5. The summed E-state index contributed by atoms with van der Waals surface area (Å²) in [7, 11) is 0. The Morgan fingerprint density at radius 2 is 0.647 bits per heavy atom. The van der Waals surface area contributed by atoms with Crippen molar-refractivity contribution in [3.63, 3.8) is 0 Å². The standard InChI is InChI=1S/C63H42N4O/c1-5-19-43(20-6-1)51-27-13-15-29-53(51)55-41-58-59(42-56(55)54-30-16-14-28-52(54)44-21-7-2-8-22-44)65-62(61(64-58)45-23-9-3-10-24-45)46-33-37-49(38-34-46)67(48-25-11-4-12-26-48)50-39-35-47(36-40-50)63-66-57-31-17-18-32-60(57)68-63/h1-42H. The number of hydrogen-bond acceptors (Lipinski definition) is 5. The van der Waals surface area contributed by atoms with Crippen molar-refractivity contribution in [2.24, 2.45) is 0 Å². The lowest BCUT2D eigenvalue weighted by Gasteiger charge is -2.25. The minimum atomic E-state index is 0.597. The van der Waals surface area contributed by atoms with Gasteiger partial charge in [-0.25, -0.2) is 15.0 Å². The average Bonchev–Trinajstić information content (AvgIpc) is 3.86. The third-order valence-electron chi connectivity index (χ3n) is 12.5. The van der Waals surface area contributed by atoms with Crippen LogP contribution in [0.4, 0.5) is 17.1 Å². The quantitative estimate of drug-likeness (QED) is 0.137. The largest absolute Gasteiger partial charge is 0.436 e. The Morgan fingerprint density at radius 3 is 1.15 bits per heavy atom. The summed E-state index contributed by atoms with van der Waals surface area (Å²) in [5.74, 6) is 0.597. The molecule has 5 nitrogen and oxygen atoms in total. The van der Waals surface area contributed by atoms with Crippen LogP contribution in [-0.4, -0.2) is 15.0 Å². The number of rotatable bonds is 10. The van der Waals surface area contributed by atoms with Crippen molar-refractivity contribution in [3.05, 3.63) is 255 Å². The summed E-state index contributed by atoms with van der Waals surface area (Å²) in [4.78, 5) is 18.1. The van der Waals surface area contributed by atoms with Gasteiger partial charge in [0.25, 0.3) is 0 Å². The molecule has 0 unspecified atom stereocenters. The summed E-state index contributed by atoms with van der Waals surface area (Å²) in [5.41, 5.74) is 19.8. The van der Waals surface area contributed by atoms with E-state index in [1.165, 1.54) is 0 Å². The molecule has 0 N–H and O–H groups in total. The Bertz CT molecular complexity index is 3670. The van der Waals surface area contributed by atoms with Crippen molar-refractivity contribution in [2.75, 3.05) is 4.90 Å². The highest BCUT2D eigenvalue weighted by molar-refractivity contribution is 6.01. The van der Waals surface area contributed by atoms with Gasteiger partial charge >= 0.3 is 0 Å². The van der Waals surface area contributed by atoms with Gasteiger partial charge in [-0.05, 0) is 117 Å². The minimum absolute atomic E-state index is 0.597. The van der Waals surface area contributed by atoms with Gasteiger partial charge in [0.1, 0.15) is 5.52 Å². The predicted octanol–water partition coefficient (Wildman–Crippen LogP) is 16.9. The molecule has 0 aliphatic heterocycles. The zero-order valence-electron chi connectivity index (χ0n) is 36.9. The van der Waals surface area contributed by atoms with Crippen LogP contribution in [0.3, 0.4) is 0 Å². The first-order valence-corrected chi connectivity index (χ1v) is 22.8. The summed E-state index contributed by atoms with van der Waals surface area (Å²) in [6.45, 7) is 0. The van der Waals surface area contributed by atoms with E-state index in [1.54, 1.807) is 0 Å². The summed E-state index contributed by atoms with van der Waals surface area (Å²) >= 11 is 0. The second-order valence-electron chi connectivity index (χ2n) is 16.7. The second kappa shape index (κ2) is 17.7. The maximum absolute atomic E-state index is 6.11. The molecule has 0 spiro atoms. The molecule has 0 saturated heterocycles. The number of oxazole rings is 1.